The van der Waals surface area contributed by atoms with E-state index < -0.39 is 17.3 Å². The van der Waals surface area contributed by atoms with E-state index in [0.717, 1.165) is 6.08 Å². The number of fused-ring (bicyclic) bond motifs is 1. The van der Waals surface area contributed by atoms with Crippen molar-refractivity contribution in [2.75, 3.05) is 0 Å². The Kier molecular flexibility index (Phi) is 1.64. The van der Waals surface area contributed by atoms with E-state index in [9.17, 15) is 14.7 Å². The van der Waals surface area contributed by atoms with Crippen molar-refractivity contribution in [2.24, 2.45) is 0 Å². The Bertz CT molecular complexity index is 471. The van der Waals surface area contributed by atoms with E-state index in [1.807, 2.05) is 0 Å². The largest absolute Gasteiger partial charge is 0.507 e. The number of phenolic OH excluding ortho intramolecular Hbond substituents is 1. The van der Waals surface area contributed by atoms with Gasteiger partial charge >= 0.3 is 0 Å². The van der Waals surface area contributed by atoms with Crippen LogP contribution in [-0.2, 0) is 0 Å². The van der Waals surface area contributed by atoms with Crippen molar-refractivity contribution in [3.05, 3.63) is 41.2 Å². The molecule has 2 N–H and O–H groups in total. The number of allylic oxidation sites excluding steroid dienone is 2. The molecule has 4 nitrogen and oxygen atoms in total. The SMILES string of the molecule is O=C1C=C(O)C(=O)c2c(O)cccc21. The third-order valence-corrected chi connectivity index (χ3v) is 2.04. The first-order chi connectivity index (χ1) is 6.61. The smallest absolute Gasteiger partial charge is 0.231 e. The molecule has 14 heavy (non-hydrogen) atoms. The van der Waals surface area contributed by atoms with Crippen LogP contribution in [0.5, 0.6) is 5.75 Å². The van der Waals surface area contributed by atoms with Crippen LogP contribution >= 0.6 is 0 Å². The molecule has 2 rings (SSSR count). The van der Waals surface area contributed by atoms with Crippen LogP contribution in [0.25, 0.3) is 0 Å². The van der Waals surface area contributed by atoms with E-state index in [-0.39, 0.29) is 16.9 Å². The predicted octanol–water partition coefficient (Wildman–Crippen LogP) is 1.21. The van der Waals surface area contributed by atoms with Gasteiger partial charge in [-0.05, 0) is 6.07 Å². The lowest BCUT2D eigenvalue weighted by Gasteiger charge is -2.11. The van der Waals surface area contributed by atoms with Crippen LogP contribution in [0, 0.1) is 0 Å². The summed E-state index contributed by atoms with van der Waals surface area (Å²) in [6.07, 6.45) is 0.851. The van der Waals surface area contributed by atoms with Crippen molar-refractivity contribution in [1.82, 2.24) is 0 Å². The summed E-state index contributed by atoms with van der Waals surface area (Å²) >= 11 is 0. The van der Waals surface area contributed by atoms with E-state index >= 15 is 0 Å². The zero-order valence-corrected chi connectivity index (χ0v) is 7.02. The zero-order chi connectivity index (χ0) is 10.3. The summed E-state index contributed by atoms with van der Waals surface area (Å²) in [6.45, 7) is 0. The number of carbonyl (C=O) groups excluding carboxylic acids is 2. The standard InChI is InChI=1S/C10H6O4/c11-6-3-1-2-5-7(12)4-8(13)10(14)9(5)6/h1-4,11,13H. The van der Waals surface area contributed by atoms with Crippen LogP contribution in [-0.4, -0.2) is 21.8 Å². The molecule has 0 radical (unpaired) electrons. The number of aliphatic hydroxyl groups is 1. The summed E-state index contributed by atoms with van der Waals surface area (Å²) in [6, 6.07) is 4.19. The van der Waals surface area contributed by atoms with Gasteiger partial charge in [-0.15, -0.1) is 0 Å². The predicted molar refractivity (Wildman–Crippen MR) is 47.5 cm³/mol. The molecule has 0 aliphatic heterocycles. The van der Waals surface area contributed by atoms with Crippen LogP contribution in [0.4, 0.5) is 0 Å². The molecular weight excluding hydrogens is 184 g/mol. The molecule has 0 aromatic heterocycles. The zero-order valence-electron chi connectivity index (χ0n) is 7.02. The highest BCUT2D eigenvalue weighted by Gasteiger charge is 2.27. The van der Waals surface area contributed by atoms with Gasteiger partial charge in [0.25, 0.3) is 0 Å². The fraction of sp³-hybridized carbons (Fsp3) is 0. The lowest BCUT2D eigenvalue weighted by Crippen LogP contribution is -2.16. The van der Waals surface area contributed by atoms with E-state index in [1.165, 1.54) is 18.2 Å². The van der Waals surface area contributed by atoms with Gasteiger partial charge in [0.2, 0.25) is 5.78 Å². The number of Topliss-reactive ketones (excluding diaryl/α,β-unsaturated/α-hetero) is 1. The molecule has 0 heterocycles. The molecule has 70 valence electrons. The molecule has 0 amide bonds. The van der Waals surface area contributed by atoms with Crippen LogP contribution < -0.4 is 0 Å². The van der Waals surface area contributed by atoms with Crippen molar-refractivity contribution < 1.29 is 19.8 Å². The number of hydrogen-bond acceptors (Lipinski definition) is 4. The number of hydrogen-bond donors (Lipinski definition) is 2. The number of phenols is 1. The maximum atomic E-state index is 11.4. The van der Waals surface area contributed by atoms with Gasteiger partial charge < -0.3 is 10.2 Å². The Labute approximate surface area is 79.1 Å². The van der Waals surface area contributed by atoms with Crippen molar-refractivity contribution >= 4 is 11.6 Å². The van der Waals surface area contributed by atoms with Gasteiger partial charge in [-0.2, -0.15) is 0 Å². The Morgan fingerprint density at radius 3 is 2.50 bits per heavy atom. The van der Waals surface area contributed by atoms with Crippen LogP contribution in [0.3, 0.4) is 0 Å². The lowest BCUT2D eigenvalue weighted by atomic mass is 9.93. The number of benzene rings is 1. The Hall–Kier alpha value is -2.10. The minimum atomic E-state index is -0.724. The molecule has 4 heteroatoms. The van der Waals surface area contributed by atoms with Gasteiger partial charge in [-0.1, -0.05) is 12.1 Å². The molecule has 0 spiro atoms. The fourth-order valence-corrected chi connectivity index (χ4v) is 1.38. The number of aromatic hydroxyl groups is 1. The highest BCUT2D eigenvalue weighted by Crippen LogP contribution is 2.27. The molecule has 0 saturated carbocycles. The highest BCUT2D eigenvalue weighted by atomic mass is 16.3. The Balaban J connectivity index is 2.76. The van der Waals surface area contributed by atoms with Crippen LogP contribution in [0.2, 0.25) is 0 Å². The summed E-state index contributed by atoms with van der Waals surface area (Å²) in [4.78, 5) is 22.6. The first kappa shape index (κ1) is 8.50. The molecule has 0 saturated heterocycles. The molecule has 1 aliphatic rings. The van der Waals surface area contributed by atoms with Gasteiger partial charge in [0.05, 0.1) is 5.56 Å². The molecule has 0 unspecified atom stereocenters. The van der Waals surface area contributed by atoms with Gasteiger partial charge in [0.15, 0.2) is 11.5 Å². The average Bonchev–Trinajstić information content (AvgIpc) is 2.14. The van der Waals surface area contributed by atoms with Crippen molar-refractivity contribution in [3.63, 3.8) is 0 Å². The maximum Gasteiger partial charge on any atom is 0.231 e. The van der Waals surface area contributed by atoms with Gasteiger partial charge in [0, 0.05) is 11.6 Å². The summed E-state index contributed by atoms with van der Waals surface area (Å²) < 4.78 is 0. The summed E-state index contributed by atoms with van der Waals surface area (Å²) in [5.74, 6) is -2.13. The summed E-state index contributed by atoms with van der Waals surface area (Å²) in [5, 5.41) is 18.4. The third-order valence-electron chi connectivity index (χ3n) is 2.04. The van der Waals surface area contributed by atoms with Crippen molar-refractivity contribution in [1.29, 1.82) is 0 Å². The van der Waals surface area contributed by atoms with E-state index in [2.05, 4.69) is 0 Å². The van der Waals surface area contributed by atoms with E-state index in [1.54, 1.807) is 0 Å². The second-order valence-electron chi connectivity index (χ2n) is 2.92. The number of ketones is 2. The van der Waals surface area contributed by atoms with Gasteiger partial charge in [-0.3, -0.25) is 9.59 Å². The molecule has 0 atom stereocenters. The van der Waals surface area contributed by atoms with Crippen LogP contribution in [0.1, 0.15) is 20.7 Å². The van der Waals surface area contributed by atoms with Gasteiger partial charge in [0.1, 0.15) is 5.75 Å². The minimum absolute atomic E-state index is 0.118. The monoisotopic (exact) mass is 190 g/mol. The Morgan fingerprint density at radius 1 is 1.07 bits per heavy atom. The first-order valence-corrected chi connectivity index (χ1v) is 3.93. The third kappa shape index (κ3) is 1.01. The van der Waals surface area contributed by atoms with Gasteiger partial charge in [-0.25, -0.2) is 0 Å². The minimum Gasteiger partial charge on any atom is -0.507 e. The van der Waals surface area contributed by atoms with E-state index in [4.69, 9.17) is 5.11 Å². The molecule has 0 fully saturated rings. The fourth-order valence-electron chi connectivity index (χ4n) is 1.38. The van der Waals surface area contributed by atoms with Crippen molar-refractivity contribution in [2.45, 2.75) is 0 Å². The molecule has 1 aromatic rings. The highest BCUT2D eigenvalue weighted by molar-refractivity contribution is 6.24. The van der Waals surface area contributed by atoms with Crippen LogP contribution in [0.15, 0.2) is 30.0 Å². The molecule has 0 bridgehead atoms. The Morgan fingerprint density at radius 2 is 1.79 bits per heavy atom. The second-order valence-corrected chi connectivity index (χ2v) is 2.92. The topological polar surface area (TPSA) is 74.6 Å². The number of carbonyl (C=O) groups is 2. The lowest BCUT2D eigenvalue weighted by molar-refractivity contribution is 0.0936. The van der Waals surface area contributed by atoms with E-state index in [0.29, 0.717) is 0 Å². The average molecular weight is 190 g/mol. The summed E-state index contributed by atoms with van der Waals surface area (Å²) in [7, 11) is 0. The second kappa shape index (κ2) is 2.70. The quantitative estimate of drug-likeness (QED) is 0.644. The normalized spacial score (nSPS) is 15.0. The maximum absolute atomic E-state index is 11.4. The molecular formula is C10H6O4. The molecule has 1 aliphatic carbocycles. The number of aliphatic hydroxyl groups excluding tert-OH is 1. The van der Waals surface area contributed by atoms with Crippen molar-refractivity contribution in [3.8, 4) is 5.75 Å². The summed E-state index contributed by atoms with van der Waals surface area (Å²) in [5.41, 5.74) is -0.00898. The number of rotatable bonds is 0. The first-order valence-electron chi connectivity index (χ1n) is 3.93. The molecule has 1 aromatic carbocycles.